The molecule has 3 rings (SSSR count). The highest BCUT2D eigenvalue weighted by Crippen LogP contribution is 2.26. The predicted octanol–water partition coefficient (Wildman–Crippen LogP) is 3.92. The monoisotopic (exact) mass is 444 g/mol. The zero-order valence-corrected chi connectivity index (χ0v) is 19.4. The van der Waals surface area contributed by atoms with Crippen LogP contribution in [0.2, 0.25) is 0 Å². The van der Waals surface area contributed by atoms with E-state index in [1.165, 1.54) is 34.7 Å². The Labute approximate surface area is 185 Å². The largest absolute Gasteiger partial charge is 0.496 e. The molecule has 1 fully saturated rings. The highest BCUT2D eigenvalue weighted by Gasteiger charge is 2.27. The Morgan fingerprint density at radius 3 is 2.39 bits per heavy atom. The molecule has 6 nitrogen and oxygen atoms in total. The van der Waals surface area contributed by atoms with Gasteiger partial charge in [0.25, 0.3) is 5.91 Å². The van der Waals surface area contributed by atoms with Crippen molar-refractivity contribution in [1.29, 1.82) is 0 Å². The fraction of sp³-hybridized carbons (Fsp3) is 0.458. The van der Waals surface area contributed by atoms with Crippen molar-refractivity contribution in [2.24, 2.45) is 0 Å². The van der Waals surface area contributed by atoms with Crippen molar-refractivity contribution in [2.75, 3.05) is 20.2 Å². The normalized spacial score (nSPS) is 14.9. The smallest absolute Gasteiger partial charge is 0.255 e. The van der Waals surface area contributed by atoms with Gasteiger partial charge in [0.05, 0.1) is 17.6 Å². The average Bonchev–Trinajstić information content (AvgIpc) is 2.82. The van der Waals surface area contributed by atoms with Crippen LogP contribution in [0, 0.1) is 0 Å². The lowest BCUT2D eigenvalue weighted by molar-refractivity contribution is 0.0947. The summed E-state index contributed by atoms with van der Waals surface area (Å²) < 4.78 is 32.9. The third-order valence-electron chi connectivity index (χ3n) is 5.87. The maximum absolute atomic E-state index is 13.0. The molecule has 168 valence electrons. The summed E-state index contributed by atoms with van der Waals surface area (Å²) in [7, 11) is -2.16. The van der Waals surface area contributed by atoms with Crippen LogP contribution in [0.4, 0.5) is 0 Å². The standard InChI is InChI=1S/C24H32N2O4S/c1-4-18-9-10-19(5-2)20(15-18)17-25-24(27)22-16-21(11-12-23(22)30-3)31(28,29)26-13-7-6-8-14-26/h9-12,15-16H,4-8,13-14,17H2,1-3H3,(H,25,27). The lowest BCUT2D eigenvalue weighted by Crippen LogP contribution is -2.35. The van der Waals surface area contributed by atoms with Gasteiger partial charge in [-0.1, -0.05) is 38.5 Å². The Hall–Kier alpha value is -2.38. The molecule has 1 aliphatic rings. The molecule has 1 saturated heterocycles. The summed E-state index contributed by atoms with van der Waals surface area (Å²) in [6.07, 6.45) is 4.57. The molecule has 2 aromatic carbocycles. The van der Waals surface area contributed by atoms with E-state index in [2.05, 4.69) is 37.4 Å². The van der Waals surface area contributed by atoms with Crippen LogP contribution in [0.1, 0.15) is 60.2 Å². The number of sulfonamides is 1. The topological polar surface area (TPSA) is 75.7 Å². The number of ether oxygens (including phenoxy) is 1. The number of hydrogen-bond donors (Lipinski definition) is 1. The van der Waals surface area contributed by atoms with Crippen molar-refractivity contribution in [1.82, 2.24) is 9.62 Å². The van der Waals surface area contributed by atoms with Crippen LogP contribution in [-0.4, -0.2) is 38.8 Å². The first-order valence-corrected chi connectivity index (χ1v) is 12.4. The summed E-state index contributed by atoms with van der Waals surface area (Å²) in [6.45, 7) is 5.60. The van der Waals surface area contributed by atoms with Gasteiger partial charge in [0.15, 0.2) is 0 Å². The Morgan fingerprint density at radius 1 is 1.00 bits per heavy atom. The first-order valence-electron chi connectivity index (χ1n) is 11.0. The fourth-order valence-corrected chi connectivity index (χ4v) is 5.50. The minimum atomic E-state index is -3.63. The van der Waals surface area contributed by atoms with Crippen molar-refractivity contribution in [3.05, 3.63) is 58.7 Å². The van der Waals surface area contributed by atoms with Gasteiger partial charge in [0.1, 0.15) is 5.75 Å². The average molecular weight is 445 g/mol. The number of carbonyl (C=O) groups is 1. The van der Waals surface area contributed by atoms with Gasteiger partial charge < -0.3 is 10.1 Å². The molecule has 0 spiro atoms. The van der Waals surface area contributed by atoms with Gasteiger partial charge >= 0.3 is 0 Å². The Balaban J connectivity index is 1.84. The number of nitrogens with one attached hydrogen (secondary N) is 1. The molecule has 1 aliphatic heterocycles. The highest BCUT2D eigenvalue weighted by molar-refractivity contribution is 7.89. The zero-order valence-electron chi connectivity index (χ0n) is 18.6. The maximum atomic E-state index is 13.0. The lowest BCUT2D eigenvalue weighted by Gasteiger charge is -2.26. The van der Waals surface area contributed by atoms with Crippen LogP contribution in [0.25, 0.3) is 0 Å². The third-order valence-corrected chi connectivity index (χ3v) is 7.76. The van der Waals surface area contributed by atoms with E-state index in [0.29, 0.717) is 25.4 Å². The van der Waals surface area contributed by atoms with Crippen molar-refractivity contribution < 1.29 is 17.9 Å². The van der Waals surface area contributed by atoms with Crippen molar-refractivity contribution in [2.45, 2.75) is 57.4 Å². The molecule has 1 amide bonds. The number of aryl methyl sites for hydroxylation is 2. The molecular formula is C24H32N2O4S. The Kier molecular flexibility index (Phi) is 7.73. The summed E-state index contributed by atoms with van der Waals surface area (Å²) in [5.41, 5.74) is 3.70. The van der Waals surface area contributed by atoms with E-state index in [1.54, 1.807) is 6.07 Å². The van der Waals surface area contributed by atoms with Gasteiger partial charge in [-0.2, -0.15) is 4.31 Å². The molecule has 1 N–H and O–H groups in total. The van der Waals surface area contributed by atoms with Gasteiger partial charge in [0, 0.05) is 19.6 Å². The minimum Gasteiger partial charge on any atom is -0.496 e. The first kappa shape index (κ1) is 23.3. The van der Waals surface area contributed by atoms with Crippen LogP contribution in [0.5, 0.6) is 5.75 Å². The molecule has 0 radical (unpaired) electrons. The van der Waals surface area contributed by atoms with E-state index in [-0.39, 0.29) is 16.4 Å². The van der Waals surface area contributed by atoms with Crippen molar-refractivity contribution in [3.8, 4) is 5.75 Å². The number of rotatable bonds is 8. The second-order valence-corrected chi connectivity index (χ2v) is 9.76. The second-order valence-electron chi connectivity index (χ2n) is 7.82. The van der Waals surface area contributed by atoms with E-state index in [4.69, 9.17) is 4.74 Å². The number of nitrogens with zero attached hydrogens (tertiary/aromatic N) is 1. The molecule has 0 aliphatic carbocycles. The van der Waals surface area contributed by atoms with Gasteiger partial charge in [-0.15, -0.1) is 0 Å². The number of methoxy groups -OCH3 is 1. The molecule has 0 atom stereocenters. The molecule has 2 aromatic rings. The fourth-order valence-electron chi connectivity index (χ4n) is 3.96. The van der Waals surface area contributed by atoms with Gasteiger partial charge in [-0.3, -0.25) is 4.79 Å². The van der Waals surface area contributed by atoms with Crippen molar-refractivity contribution >= 4 is 15.9 Å². The SMILES string of the molecule is CCc1ccc(CC)c(CNC(=O)c2cc(S(=O)(=O)N3CCCCC3)ccc2OC)c1. The molecule has 1 heterocycles. The number of piperidine rings is 1. The molecule has 0 unspecified atom stereocenters. The minimum absolute atomic E-state index is 0.127. The maximum Gasteiger partial charge on any atom is 0.255 e. The Morgan fingerprint density at radius 2 is 1.74 bits per heavy atom. The Bertz CT molecular complexity index is 1030. The van der Waals surface area contributed by atoms with Crippen LogP contribution in [0.15, 0.2) is 41.3 Å². The number of amides is 1. The van der Waals surface area contributed by atoms with Crippen LogP contribution >= 0.6 is 0 Å². The van der Waals surface area contributed by atoms with E-state index >= 15 is 0 Å². The van der Waals surface area contributed by atoms with Crippen LogP contribution in [0.3, 0.4) is 0 Å². The predicted molar refractivity (Wildman–Crippen MR) is 122 cm³/mol. The molecule has 7 heteroatoms. The molecule has 0 aromatic heterocycles. The summed E-state index contributed by atoms with van der Waals surface area (Å²) in [5, 5.41) is 2.95. The van der Waals surface area contributed by atoms with E-state index in [9.17, 15) is 13.2 Å². The molecule has 0 bridgehead atoms. The third kappa shape index (κ3) is 5.28. The zero-order chi connectivity index (χ0) is 22.4. The van der Waals surface area contributed by atoms with Crippen LogP contribution in [-0.2, 0) is 29.4 Å². The molecule has 0 saturated carbocycles. The first-order chi connectivity index (χ1) is 14.9. The molecular weight excluding hydrogens is 412 g/mol. The summed E-state index contributed by atoms with van der Waals surface area (Å²) in [5.74, 6) is 0.00427. The number of benzene rings is 2. The quantitative estimate of drug-likeness (QED) is 0.670. The summed E-state index contributed by atoms with van der Waals surface area (Å²) in [4.78, 5) is 13.1. The summed E-state index contributed by atoms with van der Waals surface area (Å²) >= 11 is 0. The van der Waals surface area contributed by atoms with Gasteiger partial charge in [-0.25, -0.2) is 8.42 Å². The molecule has 31 heavy (non-hydrogen) atoms. The lowest BCUT2D eigenvalue weighted by atomic mass is 10.0. The van der Waals surface area contributed by atoms with E-state index in [1.807, 2.05) is 0 Å². The second kappa shape index (κ2) is 10.3. The number of hydrogen-bond acceptors (Lipinski definition) is 4. The van der Waals surface area contributed by atoms with Crippen molar-refractivity contribution in [3.63, 3.8) is 0 Å². The number of carbonyl (C=O) groups excluding carboxylic acids is 1. The summed E-state index contributed by atoms with van der Waals surface area (Å²) in [6, 6.07) is 10.8. The van der Waals surface area contributed by atoms with E-state index < -0.39 is 10.0 Å². The highest BCUT2D eigenvalue weighted by atomic mass is 32.2. The van der Waals surface area contributed by atoms with E-state index in [0.717, 1.165) is 37.7 Å². The van der Waals surface area contributed by atoms with Gasteiger partial charge in [-0.05, 0) is 60.6 Å². The van der Waals surface area contributed by atoms with Gasteiger partial charge in [0.2, 0.25) is 10.0 Å². The van der Waals surface area contributed by atoms with Crippen LogP contribution < -0.4 is 10.1 Å².